The van der Waals surface area contributed by atoms with Crippen LogP contribution >= 0.6 is 35.7 Å². The average Bonchev–Trinajstić information content (AvgIpc) is 2.67. The van der Waals surface area contributed by atoms with Crippen molar-refractivity contribution in [3.63, 3.8) is 0 Å². The fourth-order valence-corrected chi connectivity index (χ4v) is 2.13. The van der Waals surface area contributed by atoms with Crippen molar-refractivity contribution in [2.45, 2.75) is 45.9 Å². The summed E-state index contributed by atoms with van der Waals surface area (Å²) in [5.41, 5.74) is 3.44. The van der Waals surface area contributed by atoms with Crippen molar-refractivity contribution >= 4 is 41.7 Å². The van der Waals surface area contributed by atoms with Gasteiger partial charge in [-0.25, -0.2) is 4.99 Å². The molecule has 0 aliphatic carbocycles. The van der Waals surface area contributed by atoms with E-state index in [0.29, 0.717) is 6.54 Å². The highest BCUT2D eigenvalue weighted by atomic mass is 127. The second-order valence-corrected chi connectivity index (χ2v) is 7.30. The van der Waals surface area contributed by atoms with Gasteiger partial charge in [0.2, 0.25) is 0 Å². The molecule has 0 fully saturated rings. The lowest BCUT2D eigenvalue weighted by Crippen LogP contribution is -2.43. The number of hydrogen-bond donors (Lipinski definition) is 2. The summed E-state index contributed by atoms with van der Waals surface area (Å²) in [4.78, 5) is 4.69. The third kappa shape index (κ3) is 6.36. The van der Waals surface area contributed by atoms with Crippen LogP contribution < -0.4 is 10.6 Å². The Balaban J connectivity index is 0.00000441. The maximum Gasteiger partial charge on any atom is 0.191 e. The summed E-state index contributed by atoms with van der Waals surface area (Å²) < 4.78 is 2.10. The summed E-state index contributed by atoms with van der Waals surface area (Å²) in [5.74, 6) is 0.863. The third-order valence-corrected chi connectivity index (χ3v) is 4.88. The molecule has 0 aliphatic heterocycles. The van der Waals surface area contributed by atoms with Crippen LogP contribution in [0.1, 0.15) is 37.7 Å². The monoisotopic (exact) mass is 439 g/mol. The molecule has 1 rings (SSSR count). The zero-order valence-corrected chi connectivity index (χ0v) is 17.9. The van der Waals surface area contributed by atoms with Crippen LogP contribution in [0.2, 0.25) is 0 Å². The van der Waals surface area contributed by atoms with E-state index in [9.17, 15) is 0 Å². The van der Waals surface area contributed by atoms with Crippen LogP contribution in [0.3, 0.4) is 0 Å². The van der Waals surface area contributed by atoms with Crippen molar-refractivity contribution in [1.82, 2.24) is 20.4 Å². The van der Waals surface area contributed by atoms with Crippen molar-refractivity contribution in [3.05, 3.63) is 17.0 Å². The molecule has 0 radical (unpaired) electrons. The zero-order chi connectivity index (χ0) is 16.0. The molecule has 0 aliphatic rings. The Morgan fingerprint density at radius 3 is 2.41 bits per heavy atom. The van der Waals surface area contributed by atoms with E-state index in [0.717, 1.165) is 24.7 Å². The fraction of sp³-hybridized carbons (Fsp3) is 0.733. The smallest absolute Gasteiger partial charge is 0.191 e. The Morgan fingerprint density at radius 1 is 1.32 bits per heavy atom. The van der Waals surface area contributed by atoms with E-state index in [1.165, 1.54) is 11.3 Å². The molecule has 0 aromatic carbocycles. The molecule has 1 heterocycles. The molecule has 0 spiro atoms. The van der Waals surface area contributed by atoms with Crippen molar-refractivity contribution < 1.29 is 0 Å². The lowest BCUT2D eigenvalue weighted by Gasteiger charge is -2.23. The summed E-state index contributed by atoms with van der Waals surface area (Å²) in [7, 11) is 1.97. The van der Waals surface area contributed by atoms with Crippen molar-refractivity contribution in [3.8, 4) is 0 Å². The van der Waals surface area contributed by atoms with Gasteiger partial charge in [0.25, 0.3) is 0 Å². The van der Waals surface area contributed by atoms with Gasteiger partial charge in [0.1, 0.15) is 0 Å². The number of nitrogens with one attached hydrogen (secondary N) is 2. The fourth-order valence-electron chi connectivity index (χ4n) is 1.91. The Bertz CT molecular complexity index is 496. The normalized spacial score (nSPS) is 12.0. The molecule has 0 saturated heterocycles. The van der Waals surface area contributed by atoms with E-state index in [1.807, 2.05) is 30.4 Å². The Labute approximate surface area is 156 Å². The molecular formula is C15H30IN5S. The number of aliphatic imine (C=N–C) groups is 1. The summed E-state index contributed by atoms with van der Waals surface area (Å²) in [6.07, 6.45) is 2.13. The van der Waals surface area contributed by atoms with Gasteiger partial charge in [-0.05, 0) is 40.9 Å². The number of thioether (sulfide) groups is 1. The van der Waals surface area contributed by atoms with Crippen LogP contribution in [0.4, 0.5) is 0 Å². The lowest BCUT2D eigenvalue weighted by atomic mass is 10.2. The molecule has 0 unspecified atom stereocenters. The van der Waals surface area contributed by atoms with Gasteiger partial charge in [-0.1, -0.05) is 0 Å². The largest absolute Gasteiger partial charge is 0.357 e. The molecule has 1 aromatic heterocycles. The lowest BCUT2D eigenvalue weighted by molar-refractivity contribution is 0.664. The second kappa shape index (κ2) is 9.64. The summed E-state index contributed by atoms with van der Waals surface area (Å²) in [6, 6.07) is 0. The van der Waals surface area contributed by atoms with Crippen LogP contribution in [-0.2, 0) is 13.6 Å². The minimum absolute atomic E-state index is 0. The van der Waals surface area contributed by atoms with E-state index in [-0.39, 0.29) is 28.7 Å². The van der Waals surface area contributed by atoms with Crippen molar-refractivity contribution in [2.24, 2.45) is 12.0 Å². The maximum absolute atomic E-state index is 4.69. The quantitative estimate of drug-likeness (QED) is 0.407. The molecule has 5 nitrogen and oxygen atoms in total. The SMILES string of the molecule is CCNC(=NCc1c(C)nn(C)c1C)NCC(C)(C)SC.I. The van der Waals surface area contributed by atoms with Gasteiger partial charge in [-0.2, -0.15) is 16.9 Å². The molecule has 7 heteroatoms. The average molecular weight is 439 g/mol. The van der Waals surface area contributed by atoms with E-state index in [1.54, 1.807) is 0 Å². The second-order valence-electron chi connectivity index (χ2n) is 5.79. The third-order valence-electron chi connectivity index (χ3n) is 3.63. The van der Waals surface area contributed by atoms with Gasteiger partial charge in [-0.15, -0.1) is 24.0 Å². The van der Waals surface area contributed by atoms with E-state index < -0.39 is 0 Å². The molecule has 0 amide bonds. The number of halogens is 1. The first-order chi connectivity index (χ1) is 9.80. The highest BCUT2D eigenvalue weighted by Crippen LogP contribution is 2.19. The molecule has 22 heavy (non-hydrogen) atoms. The first-order valence-electron chi connectivity index (χ1n) is 7.37. The van der Waals surface area contributed by atoms with E-state index in [2.05, 4.69) is 54.7 Å². The van der Waals surface area contributed by atoms with Gasteiger partial charge in [0.05, 0.1) is 12.2 Å². The predicted octanol–water partition coefficient (Wildman–Crippen LogP) is 2.85. The zero-order valence-electron chi connectivity index (χ0n) is 14.8. The van der Waals surface area contributed by atoms with Crippen LogP contribution in [0.5, 0.6) is 0 Å². The number of nitrogens with zero attached hydrogens (tertiary/aromatic N) is 3. The Kier molecular flexibility index (Phi) is 9.45. The van der Waals surface area contributed by atoms with Crippen LogP contribution in [0.25, 0.3) is 0 Å². The van der Waals surface area contributed by atoms with Crippen LogP contribution in [-0.4, -0.2) is 39.8 Å². The Morgan fingerprint density at radius 2 is 1.95 bits per heavy atom. The van der Waals surface area contributed by atoms with Gasteiger partial charge < -0.3 is 10.6 Å². The maximum atomic E-state index is 4.69. The van der Waals surface area contributed by atoms with Gasteiger partial charge >= 0.3 is 0 Å². The molecule has 0 saturated carbocycles. The minimum Gasteiger partial charge on any atom is -0.357 e. The summed E-state index contributed by atoms with van der Waals surface area (Å²) >= 11 is 1.85. The van der Waals surface area contributed by atoms with Gasteiger partial charge in [0.15, 0.2) is 5.96 Å². The molecule has 128 valence electrons. The first kappa shape index (κ1) is 21.6. The van der Waals surface area contributed by atoms with E-state index >= 15 is 0 Å². The van der Waals surface area contributed by atoms with E-state index in [4.69, 9.17) is 0 Å². The number of aromatic nitrogens is 2. The highest BCUT2D eigenvalue weighted by molar-refractivity contribution is 14.0. The number of guanidine groups is 1. The summed E-state index contributed by atoms with van der Waals surface area (Å²) in [6.45, 7) is 13.0. The first-order valence-corrected chi connectivity index (χ1v) is 8.59. The number of rotatable bonds is 6. The number of aryl methyl sites for hydroxylation is 2. The predicted molar refractivity (Wildman–Crippen MR) is 109 cm³/mol. The molecule has 0 atom stereocenters. The molecule has 2 N–H and O–H groups in total. The number of hydrogen-bond acceptors (Lipinski definition) is 3. The molecule has 0 bridgehead atoms. The van der Waals surface area contributed by atoms with Crippen molar-refractivity contribution in [1.29, 1.82) is 0 Å². The molecular weight excluding hydrogens is 409 g/mol. The van der Waals surface area contributed by atoms with Gasteiger partial charge in [0, 0.05) is 36.1 Å². The minimum atomic E-state index is 0. The standard InChI is InChI=1S/C15H29N5S.HI/c1-8-16-14(18-10-15(4,5)21-7)17-9-13-11(2)19-20(6)12(13)3;/h8-10H2,1-7H3,(H2,16,17,18);1H. The molecule has 1 aromatic rings. The highest BCUT2D eigenvalue weighted by Gasteiger charge is 2.16. The summed E-state index contributed by atoms with van der Waals surface area (Å²) in [5, 5.41) is 11.2. The van der Waals surface area contributed by atoms with Crippen LogP contribution in [0.15, 0.2) is 4.99 Å². The van der Waals surface area contributed by atoms with Crippen molar-refractivity contribution in [2.75, 3.05) is 19.3 Å². The van der Waals surface area contributed by atoms with Gasteiger partial charge in [-0.3, -0.25) is 4.68 Å². The Hall–Kier alpha value is -0.440. The van der Waals surface area contributed by atoms with Crippen LogP contribution in [0, 0.1) is 13.8 Å². The topological polar surface area (TPSA) is 54.2 Å².